The first-order chi connectivity index (χ1) is 22.1. The molecular weight excluding hydrogens is 544 g/mol. The summed E-state index contributed by atoms with van der Waals surface area (Å²) in [6.07, 6.45) is 0. The van der Waals surface area contributed by atoms with Crippen molar-refractivity contribution in [1.29, 1.82) is 0 Å². The Morgan fingerprint density at radius 2 is 1.00 bits per heavy atom. The summed E-state index contributed by atoms with van der Waals surface area (Å²) in [5.74, 6) is 0. The Labute approximate surface area is 261 Å². The van der Waals surface area contributed by atoms with Crippen LogP contribution in [0.15, 0.2) is 146 Å². The smallest absolute Gasteiger partial charge is 0.0549 e. The van der Waals surface area contributed by atoms with E-state index in [0.717, 1.165) is 0 Å². The Bertz CT molecular complexity index is 2670. The molecule has 0 bridgehead atoms. The van der Waals surface area contributed by atoms with Gasteiger partial charge in [0.2, 0.25) is 0 Å². The molecule has 2 heteroatoms. The van der Waals surface area contributed by atoms with Crippen LogP contribution < -0.4 is 0 Å². The maximum Gasteiger partial charge on any atom is 0.0549 e. The summed E-state index contributed by atoms with van der Waals surface area (Å²) in [5, 5.41) is 7.76. The minimum atomic E-state index is -0.0657. The van der Waals surface area contributed by atoms with Crippen molar-refractivity contribution in [2.75, 3.05) is 0 Å². The van der Waals surface area contributed by atoms with E-state index in [0.29, 0.717) is 0 Å². The highest BCUT2D eigenvalue weighted by atomic mass is 15.0. The molecule has 0 N–H and O–H groups in total. The summed E-state index contributed by atoms with van der Waals surface area (Å²) in [6, 6.07) is 53.8. The molecule has 1 aliphatic rings. The molecule has 0 saturated heterocycles. The summed E-state index contributed by atoms with van der Waals surface area (Å²) in [5.41, 5.74) is 12.7. The molecule has 0 atom stereocenters. The minimum absolute atomic E-state index is 0.0657. The quantitative estimate of drug-likeness (QED) is 0.194. The van der Waals surface area contributed by atoms with Crippen molar-refractivity contribution in [2.45, 2.75) is 19.3 Å². The van der Waals surface area contributed by atoms with Gasteiger partial charge in [0.25, 0.3) is 0 Å². The average molecular weight is 575 g/mol. The number of para-hydroxylation sites is 2. The van der Waals surface area contributed by atoms with Gasteiger partial charge >= 0.3 is 0 Å². The molecule has 0 spiro atoms. The lowest BCUT2D eigenvalue weighted by Crippen LogP contribution is -2.15. The molecule has 0 fully saturated rings. The van der Waals surface area contributed by atoms with Gasteiger partial charge in [-0.3, -0.25) is 0 Å². The van der Waals surface area contributed by atoms with E-state index in [1.54, 1.807) is 0 Å². The van der Waals surface area contributed by atoms with E-state index in [1.165, 1.54) is 88.0 Å². The van der Waals surface area contributed by atoms with Gasteiger partial charge in [-0.15, -0.1) is 0 Å². The van der Waals surface area contributed by atoms with E-state index in [4.69, 9.17) is 0 Å². The lowest BCUT2D eigenvalue weighted by atomic mass is 9.82. The third-order valence-electron chi connectivity index (χ3n) is 10.3. The number of nitrogens with zero attached hydrogens (tertiary/aromatic N) is 2. The summed E-state index contributed by atoms with van der Waals surface area (Å²) in [4.78, 5) is 0. The maximum atomic E-state index is 2.50. The predicted molar refractivity (Wildman–Crippen MR) is 190 cm³/mol. The monoisotopic (exact) mass is 574 g/mol. The fourth-order valence-corrected chi connectivity index (χ4v) is 8.29. The highest BCUT2D eigenvalue weighted by molar-refractivity contribution is 6.33. The van der Waals surface area contributed by atoms with Crippen LogP contribution in [0, 0.1) is 0 Å². The zero-order chi connectivity index (χ0) is 29.9. The lowest BCUT2D eigenvalue weighted by Gasteiger charge is -2.22. The molecule has 2 nitrogen and oxygen atoms in total. The molecule has 1 aliphatic carbocycles. The molecule has 45 heavy (non-hydrogen) atoms. The molecule has 0 aliphatic heterocycles. The van der Waals surface area contributed by atoms with Gasteiger partial charge in [-0.25, -0.2) is 0 Å². The van der Waals surface area contributed by atoms with Crippen LogP contribution in [0.3, 0.4) is 0 Å². The molecule has 0 unspecified atom stereocenters. The first-order valence-corrected chi connectivity index (χ1v) is 15.8. The topological polar surface area (TPSA) is 9.86 Å². The first kappa shape index (κ1) is 24.8. The summed E-state index contributed by atoms with van der Waals surface area (Å²) < 4.78 is 4.93. The second kappa shape index (κ2) is 8.74. The lowest BCUT2D eigenvalue weighted by molar-refractivity contribution is 0.660. The molecule has 0 saturated carbocycles. The minimum Gasteiger partial charge on any atom is -0.309 e. The molecule has 9 aromatic rings. The van der Waals surface area contributed by atoms with E-state index in [1.807, 2.05) is 0 Å². The van der Waals surface area contributed by atoms with E-state index < -0.39 is 0 Å². The highest BCUT2D eigenvalue weighted by Crippen LogP contribution is 2.50. The Hall–Kier alpha value is -5.60. The normalized spacial score (nSPS) is 13.7. The van der Waals surface area contributed by atoms with Crippen LogP contribution in [0.5, 0.6) is 0 Å². The molecular formula is C43H30N2. The second-order valence-corrected chi connectivity index (χ2v) is 13.0. The number of hydrogen-bond donors (Lipinski definition) is 0. The molecule has 7 aromatic carbocycles. The second-order valence-electron chi connectivity index (χ2n) is 13.0. The van der Waals surface area contributed by atoms with Crippen molar-refractivity contribution in [3.05, 3.63) is 157 Å². The van der Waals surface area contributed by atoms with Gasteiger partial charge in [0.15, 0.2) is 0 Å². The van der Waals surface area contributed by atoms with Gasteiger partial charge in [-0.1, -0.05) is 111 Å². The average Bonchev–Trinajstić information content (AvgIpc) is 3.68. The molecule has 2 heterocycles. The van der Waals surface area contributed by atoms with Gasteiger partial charge in [0.05, 0.1) is 22.1 Å². The van der Waals surface area contributed by atoms with Crippen molar-refractivity contribution < 1.29 is 0 Å². The number of hydrogen-bond acceptors (Lipinski definition) is 0. The van der Waals surface area contributed by atoms with Crippen LogP contribution >= 0.6 is 0 Å². The Morgan fingerprint density at radius 1 is 0.400 bits per heavy atom. The van der Waals surface area contributed by atoms with Crippen LogP contribution in [0.4, 0.5) is 0 Å². The third kappa shape index (κ3) is 3.18. The molecule has 0 radical (unpaired) electrons. The van der Waals surface area contributed by atoms with Crippen molar-refractivity contribution in [3.8, 4) is 22.5 Å². The Balaban J connectivity index is 1.38. The van der Waals surface area contributed by atoms with Gasteiger partial charge < -0.3 is 9.13 Å². The van der Waals surface area contributed by atoms with Crippen LogP contribution in [0.1, 0.15) is 25.0 Å². The van der Waals surface area contributed by atoms with Gasteiger partial charge in [-0.05, 0) is 81.6 Å². The number of fused-ring (bicyclic) bond motifs is 12. The molecule has 10 rings (SSSR count). The predicted octanol–water partition coefficient (Wildman–Crippen LogP) is 11.3. The van der Waals surface area contributed by atoms with Gasteiger partial charge in [0.1, 0.15) is 0 Å². The zero-order valence-electron chi connectivity index (χ0n) is 25.3. The zero-order valence-corrected chi connectivity index (χ0v) is 25.3. The third-order valence-corrected chi connectivity index (χ3v) is 10.3. The largest absolute Gasteiger partial charge is 0.309 e. The van der Waals surface area contributed by atoms with Gasteiger partial charge in [-0.2, -0.15) is 0 Å². The van der Waals surface area contributed by atoms with Crippen LogP contribution in [-0.4, -0.2) is 9.13 Å². The Kier molecular flexibility index (Phi) is 4.82. The number of aromatic nitrogens is 2. The fraction of sp³-hybridized carbons (Fsp3) is 0.0698. The van der Waals surface area contributed by atoms with Crippen molar-refractivity contribution in [3.63, 3.8) is 0 Å². The summed E-state index contributed by atoms with van der Waals surface area (Å²) in [6.45, 7) is 4.73. The number of benzene rings is 7. The van der Waals surface area contributed by atoms with Crippen LogP contribution in [0.2, 0.25) is 0 Å². The van der Waals surface area contributed by atoms with Crippen molar-refractivity contribution in [1.82, 2.24) is 9.13 Å². The molecule has 212 valence electrons. The van der Waals surface area contributed by atoms with Crippen LogP contribution in [-0.2, 0) is 5.41 Å². The SMILES string of the molecule is CC1(C)c2ccccc2-c2ccc(-n3c4ccc5ccccc5c4c4c5c6ccccc6n(-c6ccccc6)c5ccc43)cc21. The number of rotatable bonds is 2. The van der Waals surface area contributed by atoms with E-state index in [-0.39, 0.29) is 5.41 Å². The maximum absolute atomic E-state index is 2.50. The van der Waals surface area contributed by atoms with E-state index in [2.05, 4.69) is 169 Å². The van der Waals surface area contributed by atoms with Crippen molar-refractivity contribution in [2.24, 2.45) is 0 Å². The highest BCUT2D eigenvalue weighted by Gasteiger charge is 2.35. The van der Waals surface area contributed by atoms with Crippen LogP contribution in [0.25, 0.3) is 76.9 Å². The summed E-state index contributed by atoms with van der Waals surface area (Å²) in [7, 11) is 0. The Morgan fingerprint density at radius 3 is 1.84 bits per heavy atom. The molecule has 0 amide bonds. The van der Waals surface area contributed by atoms with Gasteiger partial charge in [0, 0.05) is 38.3 Å². The standard InChI is InChI=1S/C43H30N2/c1-43(2)34-18-10-8-16-31(34)32-22-21-29(26-35(32)43)45-37-23-20-27-12-6-7-15-30(27)40(37)42-39(45)25-24-38-41(42)33-17-9-11-19-36(33)44(38)28-13-4-3-5-14-28/h3-26H,1-2H3. The fourth-order valence-electron chi connectivity index (χ4n) is 8.29. The van der Waals surface area contributed by atoms with E-state index in [9.17, 15) is 0 Å². The molecule has 2 aromatic heterocycles. The van der Waals surface area contributed by atoms with Crippen molar-refractivity contribution >= 4 is 54.4 Å². The summed E-state index contributed by atoms with van der Waals surface area (Å²) >= 11 is 0. The van der Waals surface area contributed by atoms with E-state index >= 15 is 0 Å². The first-order valence-electron chi connectivity index (χ1n) is 15.8.